The van der Waals surface area contributed by atoms with Crippen molar-refractivity contribution < 1.29 is 9.13 Å². The van der Waals surface area contributed by atoms with Crippen LogP contribution >= 0.6 is 0 Å². The number of halogens is 1. The van der Waals surface area contributed by atoms with Crippen molar-refractivity contribution in [1.82, 2.24) is 0 Å². The van der Waals surface area contributed by atoms with Gasteiger partial charge >= 0.3 is 0 Å². The van der Waals surface area contributed by atoms with E-state index in [9.17, 15) is 4.39 Å². The molecule has 0 saturated carbocycles. The molecule has 0 aliphatic carbocycles. The van der Waals surface area contributed by atoms with E-state index in [1.54, 1.807) is 6.07 Å². The van der Waals surface area contributed by atoms with Gasteiger partial charge in [-0.2, -0.15) is 0 Å². The van der Waals surface area contributed by atoms with Gasteiger partial charge in [-0.1, -0.05) is 11.8 Å². The second-order valence-electron chi connectivity index (χ2n) is 4.84. The van der Waals surface area contributed by atoms with Crippen LogP contribution in [0.25, 0.3) is 0 Å². The van der Waals surface area contributed by atoms with E-state index in [2.05, 4.69) is 11.8 Å². The molecular weight excluding hydrogens is 217 g/mol. The number of hydrogen-bond acceptors (Lipinski definition) is 2. The predicted octanol–water partition coefficient (Wildman–Crippen LogP) is 2.71. The summed E-state index contributed by atoms with van der Waals surface area (Å²) in [6.45, 7) is 6.62. The number of hydrogen-bond donors (Lipinski definition) is 1. The third kappa shape index (κ3) is 5.37. The zero-order valence-electron chi connectivity index (χ0n) is 10.5. The van der Waals surface area contributed by atoms with Gasteiger partial charge in [-0.3, -0.25) is 0 Å². The van der Waals surface area contributed by atoms with Gasteiger partial charge in [0.2, 0.25) is 0 Å². The molecule has 0 radical (unpaired) electrons. The van der Waals surface area contributed by atoms with Gasteiger partial charge < -0.3 is 10.5 Å². The van der Waals surface area contributed by atoms with Gasteiger partial charge in [-0.05, 0) is 38.5 Å². The van der Waals surface area contributed by atoms with Crippen molar-refractivity contribution >= 4 is 0 Å². The molecule has 0 unspecified atom stereocenters. The Balaban J connectivity index is 2.63. The Labute approximate surface area is 102 Å². The lowest BCUT2D eigenvalue weighted by Crippen LogP contribution is -2.02. The van der Waals surface area contributed by atoms with Crippen LogP contribution in [0.3, 0.4) is 0 Å². The Morgan fingerprint density at radius 3 is 2.59 bits per heavy atom. The van der Waals surface area contributed by atoms with Crippen LogP contribution < -0.4 is 10.5 Å². The second-order valence-corrected chi connectivity index (χ2v) is 4.84. The average Bonchev–Trinajstić information content (AvgIpc) is 2.22. The van der Waals surface area contributed by atoms with Gasteiger partial charge in [0.25, 0.3) is 0 Å². The lowest BCUT2D eigenvalue weighted by Gasteiger charge is -2.08. The normalized spacial score (nSPS) is 10.6. The van der Waals surface area contributed by atoms with Crippen molar-refractivity contribution in [2.24, 2.45) is 11.1 Å². The van der Waals surface area contributed by atoms with E-state index < -0.39 is 0 Å². The number of benzene rings is 1. The molecule has 3 heteroatoms. The molecule has 0 spiro atoms. The van der Waals surface area contributed by atoms with Gasteiger partial charge in [0.1, 0.15) is 18.2 Å². The van der Waals surface area contributed by atoms with Crippen LogP contribution in [0.15, 0.2) is 18.2 Å². The van der Waals surface area contributed by atoms with Crippen molar-refractivity contribution in [2.45, 2.75) is 27.3 Å². The van der Waals surface area contributed by atoms with Crippen molar-refractivity contribution in [1.29, 1.82) is 0 Å². The second kappa shape index (κ2) is 5.70. The van der Waals surface area contributed by atoms with Gasteiger partial charge in [0, 0.05) is 18.0 Å². The number of rotatable bonds is 3. The molecule has 0 atom stereocenters. The van der Waals surface area contributed by atoms with Gasteiger partial charge in [0.15, 0.2) is 0 Å². The summed E-state index contributed by atoms with van der Waals surface area (Å²) in [5.41, 5.74) is 6.11. The van der Waals surface area contributed by atoms with Crippen molar-refractivity contribution in [2.75, 3.05) is 6.61 Å². The molecule has 2 N–H and O–H groups in total. The highest BCUT2D eigenvalue weighted by molar-refractivity contribution is 5.29. The van der Waals surface area contributed by atoms with E-state index in [0.29, 0.717) is 17.9 Å². The highest BCUT2D eigenvalue weighted by Gasteiger charge is 2.03. The standard InChI is InChI=1S/C14H18FNO/c1-14(2,3)5-4-6-17-13-8-11(10-16)7-12(15)9-13/h7-9H,6,10,16H2,1-3H3. The van der Waals surface area contributed by atoms with E-state index in [1.165, 1.54) is 12.1 Å². The van der Waals surface area contributed by atoms with Gasteiger partial charge in [0.05, 0.1) is 0 Å². The van der Waals surface area contributed by atoms with Crippen LogP contribution in [-0.4, -0.2) is 6.61 Å². The topological polar surface area (TPSA) is 35.2 Å². The summed E-state index contributed by atoms with van der Waals surface area (Å²) in [6, 6.07) is 4.45. The van der Waals surface area contributed by atoms with E-state index in [4.69, 9.17) is 10.5 Å². The summed E-state index contributed by atoms with van der Waals surface area (Å²) in [5.74, 6) is 6.07. The van der Waals surface area contributed by atoms with Crippen LogP contribution in [0.5, 0.6) is 5.75 Å². The highest BCUT2D eigenvalue weighted by Crippen LogP contribution is 2.16. The van der Waals surface area contributed by atoms with Crippen molar-refractivity contribution in [3.8, 4) is 17.6 Å². The summed E-state index contributed by atoms with van der Waals surface area (Å²) in [7, 11) is 0. The molecule has 0 bridgehead atoms. The molecule has 92 valence electrons. The Bertz CT molecular complexity index is 438. The summed E-state index contributed by atoms with van der Waals surface area (Å²) < 4.78 is 18.5. The zero-order valence-corrected chi connectivity index (χ0v) is 10.5. The molecule has 0 aromatic heterocycles. The fraction of sp³-hybridized carbons (Fsp3) is 0.429. The number of ether oxygens (including phenoxy) is 1. The Kier molecular flexibility index (Phi) is 4.53. The monoisotopic (exact) mass is 235 g/mol. The molecule has 0 fully saturated rings. The number of nitrogens with two attached hydrogens (primary N) is 1. The van der Waals surface area contributed by atoms with E-state index in [-0.39, 0.29) is 17.8 Å². The quantitative estimate of drug-likeness (QED) is 0.817. The smallest absolute Gasteiger partial charge is 0.149 e. The molecule has 1 rings (SSSR count). The first kappa shape index (κ1) is 13.5. The average molecular weight is 235 g/mol. The Morgan fingerprint density at radius 1 is 1.29 bits per heavy atom. The molecule has 0 heterocycles. The first-order valence-electron chi connectivity index (χ1n) is 5.53. The van der Waals surface area contributed by atoms with Crippen LogP contribution in [0.4, 0.5) is 4.39 Å². The first-order chi connectivity index (χ1) is 7.90. The molecular formula is C14H18FNO. The van der Waals surface area contributed by atoms with Crippen molar-refractivity contribution in [3.63, 3.8) is 0 Å². The van der Waals surface area contributed by atoms with Crippen LogP contribution in [-0.2, 0) is 6.54 Å². The van der Waals surface area contributed by atoms with E-state index >= 15 is 0 Å². The molecule has 17 heavy (non-hydrogen) atoms. The lowest BCUT2D eigenvalue weighted by molar-refractivity contribution is 0.366. The van der Waals surface area contributed by atoms with Crippen LogP contribution in [0.2, 0.25) is 0 Å². The maximum atomic E-state index is 13.1. The summed E-state index contributed by atoms with van der Waals surface area (Å²) in [4.78, 5) is 0. The third-order valence-electron chi connectivity index (χ3n) is 1.94. The molecule has 0 saturated heterocycles. The zero-order chi connectivity index (χ0) is 12.9. The molecule has 0 amide bonds. The highest BCUT2D eigenvalue weighted by atomic mass is 19.1. The molecule has 0 aliphatic rings. The summed E-state index contributed by atoms with van der Waals surface area (Å²) >= 11 is 0. The summed E-state index contributed by atoms with van der Waals surface area (Å²) in [5, 5.41) is 0. The van der Waals surface area contributed by atoms with E-state index in [1.807, 2.05) is 20.8 Å². The minimum atomic E-state index is -0.341. The van der Waals surface area contributed by atoms with Crippen LogP contribution in [0, 0.1) is 23.1 Å². The molecule has 1 aromatic rings. The lowest BCUT2D eigenvalue weighted by atomic mass is 9.98. The third-order valence-corrected chi connectivity index (χ3v) is 1.94. The molecule has 0 aliphatic heterocycles. The Morgan fingerprint density at radius 2 is 2.00 bits per heavy atom. The van der Waals surface area contributed by atoms with Gasteiger partial charge in [-0.15, -0.1) is 0 Å². The predicted molar refractivity (Wildman–Crippen MR) is 67.0 cm³/mol. The van der Waals surface area contributed by atoms with E-state index in [0.717, 1.165) is 0 Å². The van der Waals surface area contributed by atoms with Crippen molar-refractivity contribution in [3.05, 3.63) is 29.6 Å². The molecule has 1 aromatic carbocycles. The minimum absolute atomic E-state index is 0.0479. The fourth-order valence-corrected chi connectivity index (χ4v) is 1.24. The SMILES string of the molecule is CC(C)(C)C#CCOc1cc(F)cc(CN)c1. The molecule has 2 nitrogen and oxygen atoms in total. The van der Waals surface area contributed by atoms with Crippen LogP contribution in [0.1, 0.15) is 26.3 Å². The maximum absolute atomic E-state index is 13.1. The maximum Gasteiger partial charge on any atom is 0.149 e. The summed E-state index contributed by atoms with van der Waals surface area (Å²) in [6.07, 6.45) is 0. The fourth-order valence-electron chi connectivity index (χ4n) is 1.24. The minimum Gasteiger partial charge on any atom is -0.481 e. The van der Waals surface area contributed by atoms with Gasteiger partial charge in [-0.25, -0.2) is 4.39 Å². The Hall–Kier alpha value is -1.53. The largest absolute Gasteiger partial charge is 0.481 e. The first-order valence-corrected chi connectivity index (χ1v) is 5.53.